The van der Waals surface area contributed by atoms with E-state index in [1.807, 2.05) is 30.3 Å². The Morgan fingerprint density at radius 3 is 2.36 bits per heavy atom. The Bertz CT molecular complexity index is 1260. The Kier molecular flexibility index (Phi) is 6.24. The summed E-state index contributed by atoms with van der Waals surface area (Å²) in [6, 6.07) is 20.4. The lowest BCUT2D eigenvalue weighted by atomic mass is 9.95. The molecule has 3 aromatic rings. The molecule has 0 aliphatic carbocycles. The zero-order valence-electron chi connectivity index (χ0n) is 17.3. The van der Waals surface area contributed by atoms with Crippen LogP contribution in [0.25, 0.3) is 5.76 Å². The predicted molar refractivity (Wildman–Crippen MR) is 124 cm³/mol. The Morgan fingerprint density at radius 1 is 1.00 bits per heavy atom. The van der Waals surface area contributed by atoms with Crippen molar-refractivity contribution in [3.8, 4) is 0 Å². The summed E-state index contributed by atoms with van der Waals surface area (Å²) in [6.07, 6.45) is 0.472. The maximum absolute atomic E-state index is 13.0. The normalized spacial score (nSPS) is 17.4. The van der Waals surface area contributed by atoms with Gasteiger partial charge in [0.25, 0.3) is 17.4 Å². The van der Waals surface area contributed by atoms with E-state index in [1.165, 1.54) is 23.1 Å². The number of Topliss-reactive ketones (excluding diaryl/α,β-unsaturated/α-hetero) is 1. The third-order valence-corrected chi connectivity index (χ3v) is 5.79. The minimum absolute atomic E-state index is 0.115. The van der Waals surface area contributed by atoms with Gasteiger partial charge in [-0.2, -0.15) is 0 Å². The van der Waals surface area contributed by atoms with Crippen LogP contribution in [0.15, 0.2) is 84.4 Å². The minimum atomic E-state index is -0.968. The third-order valence-electron chi connectivity index (χ3n) is 5.54. The van der Waals surface area contributed by atoms with Gasteiger partial charge >= 0.3 is 0 Å². The highest BCUT2D eigenvalue weighted by molar-refractivity contribution is 6.46. The Hall–Kier alpha value is -3.97. The number of hydrogen-bond acceptors (Lipinski definition) is 5. The smallest absolute Gasteiger partial charge is 0.295 e. The molecule has 8 heteroatoms. The number of aliphatic hydroxyl groups excluding tert-OH is 1. The molecule has 4 rings (SSSR count). The number of hydrogen-bond donors (Lipinski definition) is 1. The van der Waals surface area contributed by atoms with Crippen LogP contribution < -0.4 is 0 Å². The molecule has 7 nitrogen and oxygen atoms in total. The molecular weight excluding hydrogens is 444 g/mol. The van der Waals surface area contributed by atoms with Crippen molar-refractivity contribution in [3.05, 3.63) is 116 Å². The number of benzene rings is 3. The van der Waals surface area contributed by atoms with Crippen molar-refractivity contribution in [1.29, 1.82) is 0 Å². The average Bonchev–Trinajstić information content (AvgIpc) is 3.08. The molecule has 1 heterocycles. The van der Waals surface area contributed by atoms with Gasteiger partial charge in [0.05, 0.1) is 16.5 Å². The van der Waals surface area contributed by atoms with E-state index >= 15 is 0 Å². The van der Waals surface area contributed by atoms with Gasteiger partial charge < -0.3 is 10.0 Å². The van der Waals surface area contributed by atoms with Gasteiger partial charge in [-0.15, -0.1) is 0 Å². The first kappa shape index (κ1) is 22.2. The van der Waals surface area contributed by atoms with Crippen molar-refractivity contribution < 1.29 is 19.6 Å². The van der Waals surface area contributed by atoms with Crippen LogP contribution in [0.3, 0.4) is 0 Å². The zero-order chi connectivity index (χ0) is 23.5. The van der Waals surface area contributed by atoms with Gasteiger partial charge in [0, 0.05) is 29.3 Å². The lowest BCUT2D eigenvalue weighted by Gasteiger charge is -2.25. The molecule has 3 aromatic carbocycles. The SMILES string of the molecule is O=C1C(=O)N(CCc2ccccc2)[C@H](c2cccc([N+](=O)[O-])c2)C1=C(O)c1ccc(Cl)cc1. The van der Waals surface area contributed by atoms with Crippen molar-refractivity contribution in [2.24, 2.45) is 0 Å². The van der Waals surface area contributed by atoms with E-state index in [-0.39, 0.29) is 23.6 Å². The fourth-order valence-corrected chi connectivity index (χ4v) is 4.05. The number of carbonyl (C=O) groups is 2. The molecule has 1 aliphatic rings. The summed E-state index contributed by atoms with van der Waals surface area (Å²) in [5, 5.41) is 22.8. The van der Waals surface area contributed by atoms with Gasteiger partial charge in [-0.1, -0.05) is 54.1 Å². The van der Waals surface area contributed by atoms with Crippen molar-refractivity contribution >= 4 is 34.7 Å². The maximum Gasteiger partial charge on any atom is 0.295 e. The number of likely N-dealkylation sites (tertiary alicyclic amines) is 1. The molecule has 1 fully saturated rings. The molecule has 1 aliphatic heterocycles. The minimum Gasteiger partial charge on any atom is -0.507 e. The first-order chi connectivity index (χ1) is 15.9. The van der Waals surface area contributed by atoms with Crippen LogP contribution >= 0.6 is 11.6 Å². The van der Waals surface area contributed by atoms with Crippen LogP contribution in [0.4, 0.5) is 5.69 Å². The second-order valence-electron chi connectivity index (χ2n) is 7.59. The number of nitrogens with zero attached hydrogens (tertiary/aromatic N) is 2. The first-order valence-electron chi connectivity index (χ1n) is 10.2. The summed E-state index contributed by atoms with van der Waals surface area (Å²) < 4.78 is 0. The van der Waals surface area contributed by atoms with Crippen LogP contribution in [-0.4, -0.2) is 33.2 Å². The van der Waals surface area contributed by atoms with Crippen molar-refractivity contribution in [1.82, 2.24) is 4.90 Å². The maximum atomic E-state index is 13.0. The molecule has 0 spiro atoms. The summed E-state index contributed by atoms with van der Waals surface area (Å²) in [5.74, 6) is -1.96. The van der Waals surface area contributed by atoms with E-state index in [0.29, 0.717) is 22.6 Å². The fraction of sp³-hybridized carbons (Fsp3) is 0.120. The number of nitro groups is 1. The first-order valence-corrected chi connectivity index (χ1v) is 10.6. The van der Waals surface area contributed by atoms with Gasteiger partial charge in [-0.3, -0.25) is 19.7 Å². The molecule has 1 saturated heterocycles. The summed E-state index contributed by atoms with van der Waals surface area (Å²) in [4.78, 5) is 38.2. The molecule has 166 valence electrons. The second-order valence-corrected chi connectivity index (χ2v) is 8.02. The molecule has 1 amide bonds. The van der Waals surface area contributed by atoms with Gasteiger partial charge in [0.2, 0.25) is 0 Å². The molecule has 33 heavy (non-hydrogen) atoms. The molecule has 0 saturated carbocycles. The standard InChI is InChI=1S/C25H19ClN2O5/c26-19-11-9-17(10-12-19)23(29)21-22(18-7-4-8-20(15-18)28(32)33)27(25(31)24(21)30)14-13-16-5-2-1-3-6-16/h1-12,15,22,29H,13-14H2/t22-/m1/s1. The number of rotatable bonds is 6. The highest BCUT2D eigenvalue weighted by atomic mass is 35.5. The predicted octanol–water partition coefficient (Wildman–Crippen LogP) is 4.91. The number of ketones is 1. The summed E-state index contributed by atoms with van der Waals surface area (Å²) in [5.41, 5.74) is 1.36. The summed E-state index contributed by atoms with van der Waals surface area (Å²) in [6.45, 7) is 0.194. The van der Waals surface area contributed by atoms with E-state index in [4.69, 9.17) is 11.6 Å². The topological polar surface area (TPSA) is 101 Å². The molecular formula is C25H19ClN2O5. The van der Waals surface area contributed by atoms with Gasteiger partial charge in [-0.25, -0.2) is 0 Å². The number of carbonyl (C=O) groups excluding carboxylic acids is 2. The van der Waals surface area contributed by atoms with Gasteiger partial charge in [0.1, 0.15) is 5.76 Å². The van der Waals surface area contributed by atoms with Gasteiger partial charge in [-0.05, 0) is 41.8 Å². The number of nitro benzene ring substituents is 1. The number of non-ortho nitro benzene ring substituents is 1. The van der Waals surface area contributed by atoms with Crippen molar-refractivity contribution in [2.45, 2.75) is 12.5 Å². The fourth-order valence-electron chi connectivity index (χ4n) is 3.92. The molecule has 0 unspecified atom stereocenters. The van der Waals surface area contributed by atoms with Crippen LogP contribution in [0.2, 0.25) is 5.02 Å². The summed E-state index contributed by atoms with van der Waals surface area (Å²) >= 11 is 5.93. The summed E-state index contributed by atoms with van der Waals surface area (Å²) in [7, 11) is 0. The quantitative estimate of drug-likeness (QED) is 0.184. The second kappa shape index (κ2) is 9.26. The molecule has 0 radical (unpaired) electrons. The Morgan fingerprint density at radius 2 is 1.70 bits per heavy atom. The largest absolute Gasteiger partial charge is 0.507 e. The van der Waals surface area contributed by atoms with Crippen LogP contribution in [0, 0.1) is 10.1 Å². The molecule has 1 atom stereocenters. The number of halogens is 1. The Balaban J connectivity index is 1.82. The van der Waals surface area contributed by atoms with Crippen molar-refractivity contribution in [2.75, 3.05) is 6.54 Å². The van der Waals surface area contributed by atoms with E-state index < -0.39 is 22.7 Å². The monoisotopic (exact) mass is 462 g/mol. The van der Waals surface area contributed by atoms with E-state index in [0.717, 1.165) is 5.56 Å². The molecule has 0 aromatic heterocycles. The Labute approximate surface area is 194 Å². The van der Waals surface area contributed by atoms with Crippen LogP contribution in [0.5, 0.6) is 0 Å². The van der Waals surface area contributed by atoms with E-state index in [2.05, 4.69) is 0 Å². The van der Waals surface area contributed by atoms with E-state index in [1.54, 1.807) is 30.3 Å². The highest BCUT2D eigenvalue weighted by Gasteiger charge is 2.46. The molecule has 0 bridgehead atoms. The van der Waals surface area contributed by atoms with Crippen LogP contribution in [-0.2, 0) is 16.0 Å². The zero-order valence-corrected chi connectivity index (χ0v) is 18.1. The molecule has 1 N–H and O–H groups in total. The number of amides is 1. The third kappa shape index (κ3) is 4.49. The highest BCUT2D eigenvalue weighted by Crippen LogP contribution is 2.40. The van der Waals surface area contributed by atoms with Crippen LogP contribution in [0.1, 0.15) is 22.7 Å². The lowest BCUT2D eigenvalue weighted by molar-refractivity contribution is -0.384. The van der Waals surface area contributed by atoms with E-state index in [9.17, 15) is 24.8 Å². The van der Waals surface area contributed by atoms with Gasteiger partial charge in [0.15, 0.2) is 0 Å². The van der Waals surface area contributed by atoms with Crippen molar-refractivity contribution in [3.63, 3.8) is 0 Å². The average molecular weight is 463 g/mol. The number of aliphatic hydroxyl groups is 1. The lowest BCUT2D eigenvalue weighted by Crippen LogP contribution is -2.31.